The molecule has 0 aliphatic carbocycles. The number of carbonyl (C=O) groups excluding carboxylic acids is 3. The zero-order chi connectivity index (χ0) is 23.5. The summed E-state index contributed by atoms with van der Waals surface area (Å²) < 4.78 is 45.4. The summed E-state index contributed by atoms with van der Waals surface area (Å²) in [5, 5.41) is 9.60. The number of Topliss-reactive ketones (excluding diaryl/α,β-unsaturated/α-hetero) is 1. The molecule has 0 saturated carbocycles. The van der Waals surface area contributed by atoms with Gasteiger partial charge in [0.05, 0.1) is 23.1 Å². The molecule has 8 nitrogen and oxygen atoms in total. The molecule has 0 spiro atoms. The molecule has 1 N–H and O–H groups in total. The van der Waals surface area contributed by atoms with E-state index in [4.69, 9.17) is 4.74 Å². The Morgan fingerprint density at radius 1 is 1.06 bits per heavy atom. The number of hydrogen-bond donors (Lipinski definition) is 1. The molecule has 0 bridgehead atoms. The highest BCUT2D eigenvalue weighted by Crippen LogP contribution is 2.33. The molecular formula is C21H17F3N4O4. The Morgan fingerprint density at radius 2 is 1.72 bits per heavy atom. The van der Waals surface area contributed by atoms with Crippen molar-refractivity contribution in [2.75, 3.05) is 5.32 Å². The number of benzene rings is 2. The smallest absolute Gasteiger partial charge is 0.418 e. The highest BCUT2D eigenvalue weighted by atomic mass is 19.4. The van der Waals surface area contributed by atoms with Gasteiger partial charge in [0.15, 0.2) is 17.6 Å². The lowest BCUT2D eigenvalue weighted by Gasteiger charge is -2.14. The maximum atomic E-state index is 13.2. The minimum absolute atomic E-state index is 0.252. The molecule has 0 aliphatic rings. The summed E-state index contributed by atoms with van der Waals surface area (Å²) in [6.45, 7) is 2.64. The molecule has 3 aromatic rings. The van der Waals surface area contributed by atoms with Crippen LogP contribution in [-0.4, -0.2) is 38.8 Å². The summed E-state index contributed by atoms with van der Waals surface area (Å²) in [4.78, 5) is 36.4. The fraction of sp³-hybridized carbons (Fsp3) is 0.190. The molecule has 32 heavy (non-hydrogen) atoms. The summed E-state index contributed by atoms with van der Waals surface area (Å²) >= 11 is 0. The molecule has 0 saturated heterocycles. The van der Waals surface area contributed by atoms with Crippen molar-refractivity contribution in [1.29, 1.82) is 0 Å². The molecule has 2 aromatic carbocycles. The lowest BCUT2D eigenvalue weighted by Crippen LogP contribution is -2.30. The SMILES string of the molecule is CC(=O)c1ccccc1NC(=O)[C@@H](C)OC(=O)c1cn(-c2ccccc2C(F)(F)F)nn1. The normalized spacial score (nSPS) is 12.2. The second kappa shape index (κ2) is 9.00. The maximum Gasteiger partial charge on any atom is 0.418 e. The topological polar surface area (TPSA) is 103 Å². The number of rotatable bonds is 6. The molecule has 0 unspecified atom stereocenters. The Kier molecular flexibility index (Phi) is 6.37. The summed E-state index contributed by atoms with van der Waals surface area (Å²) in [7, 11) is 0. The number of nitrogens with one attached hydrogen (secondary N) is 1. The number of amides is 1. The van der Waals surface area contributed by atoms with Crippen LogP contribution in [0.5, 0.6) is 0 Å². The number of anilines is 1. The number of esters is 1. The van der Waals surface area contributed by atoms with Crippen molar-refractivity contribution in [2.45, 2.75) is 26.1 Å². The third kappa shape index (κ3) is 4.99. The van der Waals surface area contributed by atoms with Crippen molar-refractivity contribution in [1.82, 2.24) is 15.0 Å². The zero-order valence-corrected chi connectivity index (χ0v) is 16.9. The Morgan fingerprint density at radius 3 is 2.41 bits per heavy atom. The molecule has 11 heteroatoms. The second-order valence-electron chi connectivity index (χ2n) is 6.70. The van der Waals surface area contributed by atoms with E-state index in [0.29, 0.717) is 0 Å². The first-order valence-corrected chi connectivity index (χ1v) is 9.28. The molecule has 3 rings (SSSR count). The largest absolute Gasteiger partial charge is 0.448 e. The van der Waals surface area contributed by atoms with E-state index < -0.39 is 29.7 Å². The van der Waals surface area contributed by atoms with Gasteiger partial charge >= 0.3 is 12.1 Å². The number of para-hydroxylation sites is 2. The van der Waals surface area contributed by atoms with Crippen molar-refractivity contribution < 1.29 is 32.3 Å². The van der Waals surface area contributed by atoms with Crippen LogP contribution in [-0.2, 0) is 15.7 Å². The quantitative estimate of drug-likeness (QED) is 0.458. The van der Waals surface area contributed by atoms with E-state index in [1.54, 1.807) is 12.1 Å². The highest BCUT2D eigenvalue weighted by Gasteiger charge is 2.34. The van der Waals surface area contributed by atoms with Crippen molar-refractivity contribution in [3.63, 3.8) is 0 Å². The molecule has 1 heterocycles. The molecule has 0 fully saturated rings. The average Bonchev–Trinajstić information content (AvgIpc) is 3.23. The van der Waals surface area contributed by atoms with Crippen LogP contribution >= 0.6 is 0 Å². The fourth-order valence-corrected chi connectivity index (χ4v) is 2.80. The van der Waals surface area contributed by atoms with Gasteiger partial charge < -0.3 is 10.1 Å². The van der Waals surface area contributed by atoms with Gasteiger partial charge in [0.1, 0.15) is 0 Å². The predicted molar refractivity (Wildman–Crippen MR) is 106 cm³/mol. The maximum absolute atomic E-state index is 13.2. The molecule has 1 aromatic heterocycles. The van der Waals surface area contributed by atoms with Crippen LogP contribution in [0, 0.1) is 0 Å². The van der Waals surface area contributed by atoms with Gasteiger partial charge in [0.2, 0.25) is 0 Å². The second-order valence-corrected chi connectivity index (χ2v) is 6.70. The molecule has 1 atom stereocenters. The van der Waals surface area contributed by atoms with Crippen molar-refractivity contribution in [3.05, 3.63) is 71.5 Å². The van der Waals surface area contributed by atoms with Crippen LogP contribution in [0.4, 0.5) is 18.9 Å². The molecular weight excluding hydrogens is 429 g/mol. The number of hydrogen-bond acceptors (Lipinski definition) is 6. The monoisotopic (exact) mass is 446 g/mol. The number of carbonyl (C=O) groups is 3. The van der Waals surface area contributed by atoms with Crippen molar-refractivity contribution in [3.8, 4) is 5.69 Å². The Hall–Kier alpha value is -4.02. The molecule has 1 amide bonds. The van der Waals surface area contributed by atoms with Crippen LogP contribution in [0.3, 0.4) is 0 Å². The predicted octanol–water partition coefficient (Wildman–Crippen LogP) is 3.67. The first-order chi connectivity index (χ1) is 15.1. The number of ether oxygens (including phenoxy) is 1. The van der Waals surface area contributed by atoms with E-state index in [-0.39, 0.29) is 28.4 Å². The first-order valence-electron chi connectivity index (χ1n) is 9.28. The van der Waals surface area contributed by atoms with E-state index in [9.17, 15) is 27.6 Å². The van der Waals surface area contributed by atoms with Crippen LogP contribution in [0.15, 0.2) is 54.7 Å². The number of aromatic nitrogens is 3. The van der Waals surface area contributed by atoms with Crippen LogP contribution in [0.2, 0.25) is 0 Å². The fourth-order valence-electron chi connectivity index (χ4n) is 2.80. The average molecular weight is 446 g/mol. The van der Waals surface area contributed by atoms with Gasteiger partial charge in [-0.05, 0) is 38.1 Å². The zero-order valence-electron chi connectivity index (χ0n) is 16.9. The minimum Gasteiger partial charge on any atom is -0.448 e. The Balaban J connectivity index is 1.72. The van der Waals surface area contributed by atoms with E-state index in [0.717, 1.165) is 16.9 Å². The summed E-state index contributed by atoms with van der Waals surface area (Å²) in [6, 6.07) is 11.0. The lowest BCUT2D eigenvalue weighted by molar-refractivity contribution is -0.137. The van der Waals surface area contributed by atoms with E-state index in [2.05, 4.69) is 15.6 Å². The number of nitrogens with zero attached hydrogens (tertiary/aromatic N) is 3. The Bertz CT molecular complexity index is 1170. The third-order valence-corrected chi connectivity index (χ3v) is 4.38. The van der Waals surface area contributed by atoms with Crippen LogP contribution in [0.25, 0.3) is 5.69 Å². The number of ketones is 1. The van der Waals surface area contributed by atoms with Crippen molar-refractivity contribution in [2.24, 2.45) is 0 Å². The summed E-state index contributed by atoms with van der Waals surface area (Å²) in [5.74, 6) is -2.02. The Labute approximate surface area is 180 Å². The van der Waals surface area contributed by atoms with Gasteiger partial charge in [-0.3, -0.25) is 9.59 Å². The first kappa shape index (κ1) is 22.7. The van der Waals surface area contributed by atoms with Gasteiger partial charge in [-0.1, -0.05) is 29.5 Å². The van der Waals surface area contributed by atoms with Crippen molar-refractivity contribution >= 4 is 23.3 Å². The van der Waals surface area contributed by atoms with E-state index in [1.807, 2.05) is 0 Å². The lowest BCUT2D eigenvalue weighted by atomic mass is 10.1. The third-order valence-electron chi connectivity index (χ3n) is 4.38. The van der Waals surface area contributed by atoms with E-state index in [1.165, 1.54) is 44.2 Å². The van der Waals surface area contributed by atoms with E-state index >= 15 is 0 Å². The molecule has 0 radical (unpaired) electrons. The van der Waals surface area contributed by atoms with Gasteiger partial charge in [-0.15, -0.1) is 5.10 Å². The molecule has 166 valence electrons. The van der Waals surface area contributed by atoms with Gasteiger partial charge in [-0.25, -0.2) is 9.48 Å². The highest BCUT2D eigenvalue weighted by molar-refractivity contribution is 6.05. The van der Waals surface area contributed by atoms with Crippen LogP contribution < -0.4 is 5.32 Å². The summed E-state index contributed by atoms with van der Waals surface area (Å²) in [5.41, 5.74) is -1.13. The number of alkyl halides is 3. The van der Waals surface area contributed by atoms with Gasteiger partial charge in [0.25, 0.3) is 5.91 Å². The standard InChI is InChI=1S/C21H17F3N4O4/c1-12(29)14-7-3-5-9-16(14)25-19(30)13(2)32-20(31)17-11-28(27-26-17)18-10-6-4-8-15(18)21(22,23)24/h3-11,13H,1-2H3,(H,25,30)/t13-/m1/s1. The van der Waals surface area contributed by atoms with Gasteiger partial charge in [0, 0.05) is 5.56 Å². The number of halogens is 3. The molecule has 0 aliphatic heterocycles. The van der Waals surface area contributed by atoms with Gasteiger partial charge in [-0.2, -0.15) is 13.2 Å². The summed E-state index contributed by atoms with van der Waals surface area (Å²) in [6.07, 6.45) is -4.94. The minimum atomic E-state index is -4.63. The van der Waals surface area contributed by atoms with Crippen LogP contribution in [0.1, 0.15) is 40.3 Å².